The fraction of sp³-hybridized carbons (Fsp3) is 0.378. The average Bonchev–Trinajstić information content (AvgIpc) is 3.82. The molecule has 2 atom stereocenters. The standard InChI is InChI=1S/C24H29N3O.C11H11NO3.C2H6/c1-17(24(2,3)25)27-23(28)21-12-10-19(11-13-21)5-4-18-6-8-20(9-7-18)16-26-22-14-15-22;13-8-12-10(7-15-11(12)14)6-9-4-2-1-3-5-9;1-2/h6-13,17,22,26H,14-16,25H2,1-3H3,(H,27,28);1-5,8,10H,6-7H2;1-2H3. The van der Waals surface area contributed by atoms with Crippen LogP contribution in [-0.2, 0) is 22.5 Å². The van der Waals surface area contributed by atoms with Crippen molar-refractivity contribution in [2.24, 2.45) is 5.73 Å². The second kappa shape index (κ2) is 17.1. The summed E-state index contributed by atoms with van der Waals surface area (Å²) in [5.41, 5.74) is 10.4. The maximum atomic E-state index is 12.3. The monoisotopic (exact) mass is 610 g/mol. The zero-order chi connectivity index (χ0) is 32.8. The van der Waals surface area contributed by atoms with E-state index in [1.807, 2.05) is 77.1 Å². The molecule has 0 spiro atoms. The number of cyclic esters (lactones) is 1. The van der Waals surface area contributed by atoms with Gasteiger partial charge in [-0.2, -0.15) is 0 Å². The Morgan fingerprint density at radius 3 is 2.09 bits per heavy atom. The van der Waals surface area contributed by atoms with Gasteiger partial charge in [-0.25, -0.2) is 9.69 Å². The van der Waals surface area contributed by atoms with E-state index in [4.69, 9.17) is 10.5 Å². The van der Waals surface area contributed by atoms with E-state index in [-0.39, 0.29) is 24.6 Å². The van der Waals surface area contributed by atoms with Crippen LogP contribution in [0.5, 0.6) is 0 Å². The van der Waals surface area contributed by atoms with Crippen LogP contribution in [0, 0.1) is 11.8 Å². The lowest BCUT2D eigenvalue weighted by Crippen LogP contribution is -2.52. The highest BCUT2D eigenvalue weighted by molar-refractivity contribution is 5.94. The first-order chi connectivity index (χ1) is 21.6. The molecule has 2 aliphatic rings. The van der Waals surface area contributed by atoms with Crippen molar-refractivity contribution in [2.45, 2.75) is 84.1 Å². The van der Waals surface area contributed by atoms with Gasteiger partial charge in [-0.3, -0.25) is 9.59 Å². The van der Waals surface area contributed by atoms with E-state index in [0.717, 1.165) is 34.2 Å². The summed E-state index contributed by atoms with van der Waals surface area (Å²) in [6.07, 6.45) is 3.22. The third-order valence-electron chi connectivity index (χ3n) is 7.52. The number of carbonyl (C=O) groups excluding carboxylic acids is 3. The van der Waals surface area contributed by atoms with Gasteiger partial charge in [0, 0.05) is 40.9 Å². The van der Waals surface area contributed by atoms with Crippen LogP contribution in [0.15, 0.2) is 78.9 Å². The number of nitrogens with two attached hydrogens (primary N) is 1. The molecular formula is C37H46N4O4. The summed E-state index contributed by atoms with van der Waals surface area (Å²) in [6, 6.07) is 25.8. The van der Waals surface area contributed by atoms with Crippen molar-refractivity contribution in [3.05, 3.63) is 107 Å². The van der Waals surface area contributed by atoms with Gasteiger partial charge >= 0.3 is 6.09 Å². The Balaban J connectivity index is 0.000000273. The predicted octanol–water partition coefficient (Wildman–Crippen LogP) is 5.43. The Kier molecular flexibility index (Phi) is 13.3. The molecule has 238 valence electrons. The van der Waals surface area contributed by atoms with Gasteiger partial charge in [0.25, 0.3) is 5.91 Å². The summed E-state index contributed by atoms with van der Waals surface area (Å²) >= 11 is 0. The Morgan fingerprint density at radius 1 is 0.978 bits per heavy atom. The van der Waals surface area contributed by atoms with Gasteiger partial charge in [-0.15, -0.1) is 0 Å². The second-order valence-corrected chi connectivity index (χ2v) is 11.6. The maximum absolute atomic E-state index is 12.3. The third kappa shape index (κ3) is 11.5. The number of carbonyl (C=O) groups is 3. The maximum Gasteiger partial charge on any atom is 0.416 e. The van der Waals surface area contributed by atoms with Gasteiger partial charge in [0.2, 0.25) is 6.41 Å². The normalized spacial score (nSPS) is 16.0. The molecule has 2 unspecified atom stereocenters. The zero-order valence-electron chi connectivity index (χ0n) is 27.0. The molecule has 0 bridgehead atoms. The fourth-order valence-corrected chi connectivity index (χ4v) is 4.21. The van der Waals surface area contributed by atoms with E-state index in [2.05, 4.69) is 46.7 Å². The first-order valence-corrected chi connectivity index (χ1v) is 15.6. The van der Waals surface area contributed by atoms with Crippen molar-refractivity contribution in [1.29, 1.82) is 0 Å². The molecule has 5 rings (SSSR count). The Bertz CT molecular complexity index is 1430. The van der Waals surface area contributed by atoms with Crippen molar-refractivity contribution in [3.8, 4) is 11.8 Å². The van der Waals surface area contributed by atoms with Crippen LogP contribution in [0.3, 0.4) is 0 Å². The highest BCUT2D eigenvalue weighted by atomic mass is 16.6. The molecule has 3 aromatic rings. The van der Waals surface area contributed by atoms with Crippen LogP contribution >= 0.6 is 0 Å². The molecule has 3 aromatic carbocycles. The van der Waals surface area contributed by atoms with E-state index in [1.165, 1.54) is 18.4 Å². The highest BCUT2D eigenvalue weighted by Crippen LogP contribution is 2.19. The van der Waals surface area contributed by atoms with Crippen molar-refractivity contribution < 1.29 is 19.1 Å². The lowest BCUT2D eigenvalue weighted by atomic mass is 9.97. The topological polar surface area (TPSA) is 114 Å². The van der Waals surface area contributed by atoms with Crippen molar-refractivity contribution in [1.82, 2.24) is 15.5 Å². The first-order valence-electron chi connectivity index (χ1n) is 15.6. The lowest BCUT2D eigenvalue weighted by Gasteiger charge is -2.28. The van der Waals surface area contributed by atoms with Crippen LogP contribution in [0.4, 0.5) is 4.79 Å². The largest absolute Gasteiger partial charge is 0.447 e. The van der Waals surface area contributed by atoms with E-state index < -0.39 is 11.6 Å². The number of hydrogen-bond donors (Lipinski definition) is 3. The summed E-state index contributed by atoms with van der Waals surface area (Å²) < 4.78 is 4.80. The molecule has 1 saturated carbocycles. The number of imide groups is 1. The summed E-state index contributed by atoms with van der Waals surface area (Å²) in [6.45, 7) is 10.9. The minimum atomic E-state index is -0.550. The molecule has 45 heavy (non-hydrogen) atoms. The molecule has 8 heteroatoms. The van der Waals surface area contributed by atoms with Crippen LogP contribution in [0.25, 0.3) is 0 Å². The number of nitrogens with zero attached hydrogens (tertiary/aromatic N) is 1. The first kappa shape index (κ1) is 35.0. The molecule has 8 nitrogen and oxygen atoms in total. The van der Waals surface area contributed by atoms with Crippen LogP contribution in [0.1, 0.15) is 80.1 Å². The molecule has 0 radical (unpaired) electrons. The second-order valence-electron chi connectivity index (χ2n) is 11.6. The number of rotatable bonds is 9. The molecule has 2 fully saturated rings. The minimum Gasteiger partial charge on any atom is -0.447 e. The molecular weight excluding hydrogens is 564 g/mol. The molecule has 1 saturated heterocycles. The van der Waals surface area contributed by atoms with Crippen molar-refractivity contribution in [3.63, 3.8) is 0 Å². The smallest absolute Gasteiger partial charge is 0.416 e. The van der Waals surface area contributed by atoms with Gasteiger partial charge in [0.05, 0.1) is 6.04 Å². The van der Waals surface area contributed by atoms with E-state index in [1.54, 1.807) is 12.1 Å². The summed E-state index contributed by atoms with van der Waals surface area (Å²) in [7, 11) is 0. The van der Waals surface area contributed by atoms with E-state index in [9.17, 15) is 14.4 Å². The molecule has 1 heterocycles. The average molecular weight is 611 g/mol. The number of benzene rings is 3. The SMILES string of the molecule is CC.CC(NC(=O)c1ccc(C#Cc2ccc(CNC3CC3)cc2)cc1)C(C)(C)N.O=CN1C(=O)OCC1Cc1ccccc1. The van der Waals surface area contributed by atoms with Crippen LogP contribution in [0.2, 0.25) is 0 Å². The summed E-state index contributed by atoms with van der Waals surface area (Å²) in [4.78, 5) is 35.1. The summed E-state index contributed by atoms with van der Waals surface area (Å²) in [5, 5.41) is 6.44. The van der Waals surface area contributed by atoms with Crippen LogP contribution < -0.4 is 16.4 Å². The van der Waals surface area contributed by atoms with E-state index in [0.29, 0.717) is 18.4 Å². The Hall–Kier alpha value is -4.45. The number of ether oxygens (including phenoxy) is 1. The van der Waals surface area contributed by atoms with Gasteiger partial charge in [-0.05, 0) is 87.6 Å². The fourth-order valence-electron chi connectivity index (χ4n) is 4.21. The number of hydrogen-bond acceptors (Lipinski definition) is 6. The Labute approximate surface area is 267 Å². The third-order valence-corrected chi connectivity index (χ3v) is 7.52. The highest BCUT2D eigenvalue weighted by Gasteiger charge is 2.32. The van der Waals surface area contributed by atoms with Gasteiger partial charge < -0.3 is 21.1 Å². The van der Waals surface area contributed by atoms with Crippen molar-refractivity contribution >= 4 is 18.4 Å². The quantitative estimate of drug-likeness (QED) is 0.220. The van der Waals surface area contributed by atoms with Gasteiger partial charge in [-0.1, -0.05) is 68.2 Å². The predicted molar refractivity (Wildman–Crippen MR) is 178 cm³/mol. The molecule has 1 aliphatic carbocycles. The molecule has 4 N–H and O–H groups in total. The number of nitrogens with one attached hydrogen (secondary N) is 2. The molecule has 1 aliphatic heterocycles. The van der Waals surface area contributed by atoms with Crippen molar-refractivity contribution in [2.75, 3.05) is 6.61 Å². The van der Waals surface area contributed by atoms with E-state index >= 15 is 0 Å². The lowest BCUT2D eigenvalue weighted by molar-refractivity contribution is -0.116. The van der Waals surface area contributed by atoms with Gasteiger partial charge in [0.1, 0.15) is 6.61 Å². The van der Waals surface area contributed by atoms with Gasteiger partial charge in [0.15, 0.2) is 0 Å². The molecule has 0 aromatic heterocycles. The number of amides is 3. The summed E-state index contributed by atoms with van der Waals surface area (Å²) in [5.74, 6) is 6.21. The molecule has 3 amide bonds. The zero-order valence-corrected chi connectivity index (χ0v) is 27.0. The van der Waals surface area contributed by atoms with Crippen LogP contribution in [-0.4, -0.2) is 53.6 Å². The Morgan fingerprint density at radius 2 is 1.56 bits per heavy atom. The minimum absolute atomic E-state index is 0.123.